The Morgan fingerprint density at radius 3 is 2.62 bits per heavy atom. The largest absolute Gasteiger partial charge is 0.497 e. The van der Waals surface area contributed by atoms with Crippen LogP contribution in [-0.2, 0) is 0 Å². The van der Waals surface area contributed by atoms with Crippen LogP contribution in [0.5, 0.6) is 5.75 Å². The van der Waals surface area contributed by atoms with Crippen LogP contribution in [0.1, 0.15) is 13.8 Å². The molecule has 1 rings (SSSR count). The van der Waals surface area contributed by atoms with Crippen molar-refractivity contribution in [1.29, 1.82) is 0 Å². The Balaban J connectivity index is 2.68. The standard InChI is InChI=1S/C12H18N2OS/c1-4-14(5-2)12(16)13-10-7-6-8-11(9-10)15-3/h6-9H,4-5H2,1-3H3,(H,13,16). The monoisotopic (exact) mass is 238 g/mol. The fraction of sp³-hybridized carbons (Fsp3) is 0.417. The van der Waals surface area contributed by atoms with Crippen LogP contribution in [0.25, 0.3) is 0 Å². The van der Waals surface area contributed by atoms with Crippen LogP contribution in [-0.4, -0.2) is 30.2 Å². The molecule has 88 valence electrons. The minimum atomic E-state index is 0.748. The van der Waals surface area contributed by atoms with Crippen LogP contribution in [0.15, 0.2) is 24.3 Å². The van der Waals surface area contributed by atoms with Crippen LogP contribution < -0.4 is 10.1 Å². The molecule has 1 aromatic carbocycles. The Morgan fingerprint density at radius 2 is 2.06 bits per heavy atom. The Morgan fingerprint density at radius 1 is 1.38 bits per heavy atom. The van der Waals surface area contributed by atoms with E-state index in [1.165, 1.54) is 0 Å². The fourth-order valence-corrected chi connectivity index (χ4v) is 1.79. The summed E-state index contributed by atoms with van der Waals surface area (Å²) in [5, 5.41) is 3.94. The van der Waals surface area contributed by atoms with Gasteiger partial charge in [0, 0.05) is 24.8 Å². The molecule has 1 aromatic rings. The Labute approximate surface area is 102 Å². The second-order valence-corrected chi connectivity index (χ2v) is 3.72. The molecular formula is C12H18N2OS. The molecule has 0 aliphatic heterocycles. The molecule has 0 aliphatic rings. The van der Waals surface area contributed by atoms with Crippen molar-refractivity contribution in [1.82, 2.24) is 4.90 Å². The lowest BCUT2D eigenvalue weighted by Gasteiger charge is -2.22. The number of ether oxygens (including phenoxy) is 1. The van der Waals surface area contributed by atoms with E-state index in [1.54, 1.807) is 7.11 Å². The first-order valence-corrected chi connectivity index (χ1v) is 5.82. The molecule has 0 aliphatic carbocycles. The molecule has 4 heteroatoms. The summed E-state index contributed by atoms with van der Waals surface area (Å²) in [6, 6.07) is 7.74. The summed E-state index contributed by atoms with van der Waals surface area (Å²) in [5.41, 5.74) is 0.955. The maximum Gasteiger partial charge on any atom is 0.173 e. The average Bonchev–Trinajstić information content (AvgIpc) is 2.31. The van der Waals surface area contributed by atoms with Crippen molar-refractivity contribution in [3.8, 4) is 5.75 Å². The van der Waals surface area contributed by atoms with Gasteiger partial charge in [-0.2, -0.15) is 0 Å². The molecule has 0 unspecified atom stereocenters. The molecule has 0 saturated carbocycles. The highest BCUT2D eigenvalue weighted by Gasteiger charge is 2.05. The van der Waals surface area contributed by atoms with Gasteiger partial charge in [0.05, 0.1) is 7.11 Å². The molecular weight excluding hydrogens is 220 g/mol. The number of methoxy groups -OCH3 is 1. The number of benzene rings is 1. The quantitative estimate of drug-likeness (QED) is 0.815. The van der Waals surface area contributed by atoms with Gasteiger partial charge in [0.25, 0.3) is 0 Å². The van der Waals surface area contributed by atoms with Crippen LogP contribution in [0.2, 0.25) is 0 Å². The Hall–Kier alpha value is -1.29. The molecule has 16 heavy (non-hydrogen) atoms. The number of nitrogens with zero attached hydrogens (tertiary/aromatic N) is 1. The lowest BCUT2D eigenvalue weighted by Crippen LogP contribution is -2.34. The molecule has 0 radical (unpaired) electrons. The van der Waals surface area contributed by atoms with Gasteiger partial charge in [-0.1, -0.05) is 6.07 Å². The summed E-state index contributed by atoms with van der Waals surface area (Å²) in [6.07, 6.45) is 0. The van der Waals surface area contributed by atoms with E-state index in [2.05, 4.69) is 24.1 Å². The summed E-state index contributed by atoms with van der Waals surface area (Å²) >= 11 is 5.31. The van der Waals surface area contributed by atoms with Gasteiger partial charge in [-0.15, -0.1) is 0 Å². The van der Waals surface area contributed by atoms with Crippen molar-refractivity contribution in [2.24, 2.45) is 0 Å². The molecule has 0 bridgehead atoms. The number of nitrogens with one attached hydrogen (secondary N) is 1. The van der Waals surface area contributed by atoms with Crippen molar-refractivity contribution in [2.45, 2.75) is 13.8 Å². The van der Waals surface area contributed by atoms with Crippen LogP contribution in [0.3, 0.4) is 0 Å². The van der Waals surface area contributed by atoms with Gasteiger partial charge >= 0.3 is 0 Å². The SMILES string of the molecule is CCN(CC)C(=S)Nc1cccc(OC)c1. The van der Waals surface area contributed by atoms with Crippen LogP contribution >= 0.6 is 12.2 Å². The molecule has 0 saturated heterocycles. The maximum atomic E-state index is 5.31. The minimum absolute atomic E-state index is 0.748. The van der Waals surface area contributed by atoms with Crippen LogP contribution in [0, 0.1) is 0 Å². The summed E-state index contributed by atoms with van der Waals surface area (Å²) in [5.74, 6) is 0.826. The second kappa shape index (κ2) is 6.33. The third-order valence-electron chi connectivity index (χ3n) is 2.37. The van der Waals surface area contributed by atoms with Gasteiger partial charge < -0.3 is 15.0 Å². The highest BCUT2D eigenvalue weighted by atomic mass is 32.1. The average molecular weight is 238 g/mol. The lowest BCUT2D eigenvalue weighted by atomic mass is 10.3. The zero-order chi connectivity index (χ0) is 12.0. The van der Waals surface area contributed by atoms with E-state index < -0.39 is 0 Å². The zero-order valence-corrected chi connectivity index (χ0v) is 10.8. The van der Waals surface area contributed by atoms with E-state index in [9.17, 15) is 0 Å². The Kier molecular flexibility index (Phi) is 5.05. The van der Waals surface area contributed by atoms with Crippen molar-refractivity contribution in [3.05, 3.63) is 24.3 Å². The van der Waals surface area contributed by atoms with Crippen molar-refractivity contribution in [2.75, 3.05) is 25.5 Å². The number of hydrogen-bond donors (Lipinski definition) is 1. The summed E-state index contributed by atoms with van der Waals surface area (Å²) in [7, 11) is 1.65. The van der Waals surface area contributed by atoms with Gasteiger partial charge in [0.1, 0.15) is 5.75 Å². The first-order valence-electron chi connectivity index (χ1n) is 5.41. The molecule has 1 N–H and O–H groups in total. The summed E-state index contributed by atoms with van der Waals surface area (Å²) < 4.78 is 5.15. The first-order chi connectivity index (χ1) is 7.71. The molecule has 3 nitrogen and oxygen atoms in total. The smallest absolute Gasteiger partial charge is 0.173 e. The predicted octanol–water partition coefficient (Wildman–Crippen LogP) is 2.73. The van der Waals surface area contributed by atoms with E-state index in [0.29, 0.717) is 0 Å². The molecule has 0 heterocycles. The van der Waals surface area contributed by atoms with Gasteiger partial charge in [0.15, 0.2) is 5.11 Å². The number of hydrogen-bond acceptors (Lipinski definition) is 2. The zero-order valence-electron chi connectivity index (χ0n) is 9.99. The maximum absolute atomic E-state index is 5.31. The van der Waals surface area contributed by atoms with E-state index in [-0.39, 0.29) is 0 Å². The lowest BCUT2D eigenvalue weighted by molar-refractivity contribution is 0.415. The van der Waals surface area contributed by atoms with Crippen molar-refractivity contribution < 1.29 is 4.74 Å². The number of thiocarbonyl (C=S) groups is 1. The third-order valence-corrected chi connectivity index (χ3v) is 2.73. The van der Waals surface area contributed by atoms with Gasteiger partial charge in [-0.05, 0) is 38.2 Å². The highest BCUT2D eigenvalue weighted by molar-refractivity contribution is 7.80. The first kappa shape index (κ1) is 12.8. The second-order valence-electron chi connectivity index (χ2n) is 3.33. The van der Waals surface area contributed by atoms with Crippen molar-refractivity contribution in [3.63, 3.8) is 0 Å². The normalized spacial score (nSPS) is 9.69. The highest BCUT2D eigenvalue weighted by Crippen LogP contribution is 2.17. The van der Waals surface area contributed by atoms with Gasteiger partial charge in [0.2, 0.25) is 0 Å². The van der Waals surface area contributed by atoms with Gasteiger partial charge in [-0.3, -0.25) is 0 Å². The minimum Gasteiger partial charge on any atom is -0.497 e. The van der Waals surface area contributed by atoms with E-state index in [0.717, 1.165) is 29.6 Å². The summed E-state index contributed by atoms with van der Waals surface area (Å²) in [4.78, 5) is 2.09. The number of anilines is 1. The Bertz CT molecular complexity index is 351. The van der Waals surface area contributed by atoms with Crippen molar-refractivity contribution >= 4 is 23.0 Å². The topological polar surface area (TPSA) is 24.5 Å². The van der Waals surface area contributed by atoms with E-state index >= 15 is 0 Å². The predicted molar refractivity (Wildman–Crippen MR) is 72.1 cm³/mol. The van der Waals surface area contributed by atoms with Gasteiger partial charge in [-0.25, -0.2) is 0 Å². The molecule has 0 atom stereocenters. The molecule has 0 aromatic heterocycles. The molecule has 0 spiro atoms. The van der Waals surface area contributed by atoms with E-state index in [1.807, 2.05) is 24.3 Å². The number of rotatable bonds is 4. The summed E-state index contributed by atoms with van der Waals surface area (Å²) in [6.45, 7) is 5.99. The molecule has 0 fully saturated rings. The molecule has 0 amide bonds. The third kappa shape index (κ3) is 3.38. The van der Waals surface area contributed by atoms with E-state index in [4.69, 9.17) is 17.0 Å². The van der Waals surface area contributed by atoms with Crippen LogP contribution in [0.4, 0.5) is 5.69 Å². The fourth-order valence-electron chi connectivity index (χ4n) is 1.41.